The van der Waals surface area contributed by atoms with Crippen molar-refractivity contribution in [3.05, 3.63) is 30.3 Å². The summed E-state index contributed by atoms with van der Waals surface area (Å²) in [6.45, 7) is 0. The minimum atomic E-state index is -4.02. The van der Waals surface area contributed by atoms with Crippen molar-refractivity contribution in [2.24, 2.45) is 0 Å². The third kappa shape index (κ3) is 2.82. The van der Waals surface area contributed by atoms with Gasteiger partial charge in [0, 0.05) is 0 Å². The van der Waals surface area contributed by atoms with Gasteiger partial charge in [0.15, 0.2) is 0 Å². The maximum absolute atomic E-state index is 10.5. The molecule has 1 aromatic rings. The molecule has 0 atom stereocenters. The van der Waals surface area contributed by atoms with Crippen LogP contribution in [0.4, 0.5) is 0 Å². The molecule has 0 aliphatic carbocycles. The minimum absolute atomic E-state index is 0. The largest absolute Gasteiger partial charge is 0.412 e. The Morgan fingerprint density at radius 2 is 1.55 bits per heavy atom. The SMILES string of the molecule is O.O=P(O)(O)c1ccccc1. The van der Waals surface area contributed by atoms with Crippen LogP contribution in [0.2, 0.25) is 0 Å². The van der Waals surface area contributed by atoms with Crippen molar-refractivity contribution in [2.45, 2.75) is 0 Å². The summed E-state index contributed by atoms with van der Waals surface area (Å²) < 4.78 is 10.5. The molecular weight excluding hydrogens is 167 g/mol. The second kappa shape index (κ2) is 3.64. The van der Waals surface area contributed by atoms with Crippen LogP contribution in [0.3, 0.4) is 0 Å². The van der Waals surface area contributed by atoms with Crippen molar-refractivity contribution in [2.75, 3.05) is 0 Å². The first-order chi connectivity index (χ1) is 4.61. The van der Waals surface area contributed by atoms with Gasteiger partial charge in [0.05, 0.1) is 5.30 Å². The second-order valence-corrected chi connectivity index (χ2v) is 3.48. The molecule has 0 saturated heterocycles. The molecule has 11 heavy (non-hydrogen) atoms. The molecule has 0 unspecified atom stereocenters. The van der Waals surface area contributed by atoms with Gasteiger partial charge in [-0.2, -0.15) is 0 Å². The number of hydrogen-bond acceptors (Lipinski definition) is 1. The molecule has 4 N–H and O–H groups in total. The van der Waals surface area contributed by atoms with Gasteiger partial charge in [-0.25, -0.2) is 0 Å². The maximum Gasteiger partial charge on any atom is 0.356 e. The van der Waals surface area contributed by atoms with E-state index in [1.165, 1.54) is 12.1 Å². The van der Waals surface area contributed by atoms with Gasteiger partial charge in [-0.1, -0.05) is 18.2 Å². The maximum atomic E-state index is 10.5. The summed E-state index contributed by atoms with van der Waals surface area (Å²) in [4.78, 5) is 17.2. The molecule has 0 saturated carbocycles. The summed E-state index contributed by atoms with van der Waals surface area (Å²) >= 11 is 0. The van der Waals surface area contributed by atoms with Crippen LogP contribution in [0.25, 0.3) is 0 Å². The van der Waals surface area contributed by atoms with E-state index in [1.54, 1.807) is 18.2 Å². The monoisotopic (exact) mass is 176 g/mol. The fourth-order valence-corrected chi connectivity index (χ4v) is 1.18. The normalized spacial score (nSPS) is 10.4. The Morgan fingerprint density at radius 1 is 1.09 bits per heavy atom. The van der Waals surface area contributed by atoms with E-state index in [0.717, 1.165) is 0 Å². The highest BCUT2D eigenvalue weighted by Crippen LogP contribution is 2.32. The molecule has 5 heteroatoms. The fourth-order valence-electron chi connectivity index (χ4n) is 0.622. The smallest absolute Gasteiger partial charge is 0.356 e. The summed E-state index contributed by atoms with van der Waals surface area (Å²) in [6, 6.07) is 7.70. The molecule has 0 amide bonds. The average molecular weight is 176 g/mol. The zero-order valence-corrected chi connectivity index (χ0v) is 6.53. The van der Waals surface area contributed by atoms with Crippen molar-refractivity contribution in [3.8, 4) is 0 Å². The Hall–Kier alpha value is -0.670. The third-order valence-corrected chi connectivity index (χ3v) is 2.06. The Kier molecular flexibility index (Phi) is 3.42. The van der Waals surface area contributed by atoms with Crippen LogP contribution in [-0.2, 0) is 4.57 Å². The molecule has 0 aliphatic rings. The molecule has 0 spiro atoms. The van der Waals surface area contributed by atoms with Crippen molar-refractivity contribution in [1.82, 2.24) is 0 Å². The molecule has 0 radical (unpaired) electrons. The van der Waals surface area contributed by atoms with Crippen LogP contribution >= 0.6 is 7.60 Å². The molecule has 1 rings (SSSR count). The molecule has 1 aromatic carbocycles. The predicted octanol–water partition coefficient (Wildman–Crippen LogP) is -0.335. The first-order valence-corrected chi connectivity index (χ1v) is 4.33. The van der Waals surface area contributed by atoms with E-state index in [-0.39, 0.29) is 10.8 Å². The van der Waals surface area contributed by atoms with Gasteiger partial charge in [0.1, 0.15) is 0 Å². The minimum Gasteiger partial charge on any atom is -0.412 e. The molecular formula is C6H9O4P. The summed E-state index contributed by atoms with van der Waals surface area (Å²) in [7, 11) is -4.02. The van der Waals surface area contributed by atoms with Gasteiger partial charge in [-0.3, -0.25) is 4.57 Å². The lowest BCUT2D eigenvalue weighted by Crippen LogP contribution is -2.01. The van der Waals surface area contributed by atoms with Crippen molar-refractivity contribution < 1.29 is 19.8 Å². The Labute approximate surface area is 64.0 Å². The fraction of sp³-hybridized carbons (Fsp3) is 0. The van der Waals surface area contributed by atoms with E-state index in [9.17, 15) is 4.57 Å². The molecule has 0 bridgehead atoms. The van der Waals surface area contributed by atoms with Crippen molar-refractivity contribution in [3.63, 3.8) is 0 Å². The summed E-state index contributed by atoms with van der Waals surface area (Å²) in [5, 5.41) is 0.0648. The summed E-state index contributed by atoms with van der Waals surface area (Å²) in [5.41, 5.74) is 0. The quantitative estimate of drug-likeness (QED) is 0.574. The Balaban J connectivity index is 0.000001000. The molecule has 62 valence electrons. The zero-order valence-electron chi connectivity index (χ0n) is 5.64. The Bertz CT molecular complexity index is 253. The molecule has 0 heterocycles. The van der Waals surface area contributed by atoms with Crippen molar-refractivity contribution >= 4 is 12.9 Å². The van der Waals surface area contributed by atoms with Gasteiger partial charge in [0.25, 0.3) is 0 Å². The molecule has 4 nitrogen and oxygen atoms in total. The van der Waals surface area contributed by atoms with E-state index < -0.39 is 7.60 Å². The standard InChI is InChI=1S/C6H7O3P.H2O/c7-10(8,9)6-4-2-1-3-5-6;/h1-5H,(H2,7,8,9);1H2. The molecule has 0 aromatic heterocycles. The van der Waals surface area contributed by atoms with E-state index in [1.807, 2.05) is 0 Å². The lowest BCUT2D eigenvalue weighted by Gasteiger charge is -2.00. The van der Waals surface area contributed by atoms with Gasteiger partial charge in [-0.05, 0) is 12.1 Å². The first-order valence-electron chi connectivity index (χ1n) is 2.72. The second-order valence-electron chi connectivity index (χ2n) is 1.88. The average Bonchev–Trinajstić information content (AvgIpc) is 1.88. The van der Waals surface area contributed by atoms with E-state index >= 15 is 0 Å². The summed E-state index contributed by atoms with van der Waals surface area (Å²) in [5.74, 6) is 0. The lowest BCUT2D eigenvalue weighted by atomic mass is 10.4. The summed E-state index contributed by atoms with van der Waals surface area (Å²) in [6.07, 6.45) is 0. The number of hydrogen-bond donors (Lipinski definition) is 2. The molecule has 0 fully saturated rings. The lowest BCUT2D eigenvalue weighted by molar-refractivity contribution is 0.387. The third-order valence-electron chi connectivity index (χ3n) is 1.09. The van der Waals surface area contributed by atoms with Gasteiger partial charge in [0.2, 0.25) is 0 Å². The van der Waals surface area contributed by atoms with Gasteiger partial charge < -0.3 is 15.3 Å². The van der Waals surface area contributed by atoms with E-state index in [4.69, 9.17) is 9.79 Å². The zero-order chi connectivity index (χ0) is 7.61. The number of benzene rings is 1. The highest BCUT2D eigenvalue weighted by molar-refractivity contribution is 7.60. The Morgan fingerprint density at radius 3 is 1.82 bits per heavy atom. The van der Waals surface area contributed by atoms with E-state index in [0.29, 0.717) is 0 Å². The van der Waals surface area contributed by atoms with E-state index in [2.05, 4.69) is 0 Å². The van der Waals surface area contributed by atoms with Crippen LogP contribution < -0.4 is 5.30 Å². The topological polar surface area (TPSA) is 89.0 Å². The highest BCUT2D eigenvalue weighted by Gasteiger charge is 2.14. The number of rotatable bonds is 1. The predicted molar refractivity (Wildman–Crippen MR) is 41.7 cm³/mol. The highest BCUT2D eigenvalue weighted by atomic mass is 31.2. The van der Waals surface area contributed by atoms with Gasteiger partial charge >= 0.3 is 7.60 Å². The van der Waals surface area contributed by atoms with Gasteiger partial charge in [-0.15, -0.1) is 0 Å². The van der Waals surface area contributed by atoms with Crippen molar-refractivity contribution in [1.29, 1.82) is 0 Å². The van der Waals surface area contributed by atoms with Crippen LogP contribution in [0.1, 0.15) is 0 Å². The first kappa shape index (κ1) is 10.3. The van der Waals surface area contributed by atoms with Crippen LogP contribution in [-0.4, -0.2) is 15.3 Å². The van der Waals surface area contributed by atoms with Crippen LogP contribution in [0.15, 0.2) is 30.3 Å². The molecule has 0 aliphatic heterocycles. The van der Waals surface area contributed by atoms with Crippen LogP contribution in [0, 0.1) is 0 Å². The van der Waals surface area contributed by atoms with Crippen LogP contribution in [0.5, 0.6) is 0 Å².